The number of H-pyrrole nitrogens is 1. The van der Waals surface area contributed by atoms with E-state index >= 15 is 0 Å². The molecule has 144 valence electrons. The number of aryl methyl sites for hydroxylation is 1. The molecule has 2 aromatic rings. The molecule has 4 rings (SSSR count). The summed E-state index contributed by atoms with van der Waals surface area (Å²) >= 11 is 0. The lowest BCUT2D eigenvalue weighted by Gasteiger charge is -2.47. The quantitative estimate of drug-likeness (QED) is 0.875. The molecule has 2 fully saturated rings. The molecule has 27 heavy (non-hydrogen) atoms. The maximum Gasteiger partial charge on any atom is 0.330 e. The number of hydrogen-bond acceptors (Lipinski definition) is 4. The van der Waals surface area contributed by atoms with E-state index < -0.39 is 0 Å². The second kappa shape index (κ2) is 6.98. The normalized spacial score (nSPS) is 22.1. The number of amides is 1. The van der Waals surface area contributed by atoms with Gasteiger partial charge in [-0.25, -0.2) is 4.79 Å². The van der Waals surface area contributed by atoms with Crippen LogP contribution >= 0.6 is 0 Å². The highest BCUT2D eigenvalue weighted by Gasteiger charge is 2.42. The number of nitrogens with one attached hydrogen (secondary N) is 1. The highest BCUT2D eigenvalue weighted by molar-refractivity contribution is 5.94. The Morgan fingerprint density at radius 1 is 1.22 bits per heavy atom. The third-order valence-corrected chi connectivity index (χ3v) is 5.43. The molecule has 0 saturated carbocycles. The van der Waals surface area contributed by atoms with Crippen molar-refractivity contribution in [3.05, 3.63) is 52.2 Å². The zero-order valence-corrected chi connectivity index (χ0v) is 15.7. The Kier molecular flexibility index (Phi) is 4.65. The summed E-state index contributed by atoms with van der Waals surface area (Å²) in [5.74, 6) is 0.000652. The Morgan fingerprint density at radius 3 is 2.56 bits per heavy atom. The lowest BCUT2D eigenvalue weighted by atomic mass is 9.91. The van der Waals surface area contributed by atoms with Gasteiger partial charge in [-0.05, 0) is 38.1 Å². The first-order valence-electron chi connectivity index (χ1n) is 9.40. The third kappa shape index (κ3) is 3.44. The zero-order chi connectivity index (χ0) is 19.0. The van der Waals surface area contributed by atoms with Gasteiger partial charge in [0.2, 0.25) is 0 Å². The van der Waals surface area contributed by atoms with Crippen LogP contribution < -0.4 is 5.69 Å². The number of carbonyl (C=O) groups is 1. The van der Waals surface area contributed by atoms with Crippen molar-refractivity contribution < 1.29 is 14.3 Å². The van der Waals surface area contributed by atoms with E-state index in [9.17, 15) is 9.59 Å². The highest BCUT2D eigenvalue weighted by Crippen LogP contribution is 2.32. The molecule has 1 N–H and O–H groups in total. The van der Waals surface area contributed by atoms with E-state index in [-0.39, 0.29) is 23.3 Å². The Labute approximate surface area is 157 Å². The van der Waals surface area contributed by atoms with Crippen LogP contribution in [0.25, 0.3) is 5.69 Å². The van der Waals surface area contributed by atoms with Crippen LogP contribution in [-0.4, -0.2) is 58.4 Å². The van der Waals surface area contributed by atoms with Gasteiger partial charge >= 0.3 is 5.69 Å². The Morgan fingerprint density at radius 2 is 1.93 bits per heavy atom. The molecule has 2 aliphatic heterocycles. The van der Waals surface area contributed by atoms with Crippen molar-refractivity contribution in [1.29, 1.82) is 0 Å². The topological polar surface area (TPSA) is 76.6 Å². The number of morpholine rings is 1. The molecule has 3 heterocycles. The molecule has 7 nitrogen and oxygen atoms in total. The minimum absolute atomic E-state index is 0.000652. The Balaban J connectivity index is 1.54. The van der Waals surface area contributed by atoms with Crippen molar-refractivity contribution in [1.82, 2.24) is 14.5 Å². The summed E-state index contributed by atoms with van der Waals surface area (Å²) < 4.78 is 13.3. The van der Waals surface area contributed by atoms with Gasteiger partial charge in [-0.15, -0.1) is 0 Å². The first kappa shape index (κ1) is 18.0. The molecule has 2 aliphatic rings. The van der Waals surface area contributed by atoms with E-state index in [1.165, 1.54) is 0 Å². The number of aromatic amines is 1. The van der Waals surface area contributed by atoms with Crippen LogP contribution in [0.2, 0.25) is 0 Å². The molecule has 1 aromatic carbocycles. The van der Waals surface area contributed by atoms with Crippen molar-refractivity contribution in [2.75, 3.05) is 26.3 Å². The second-order valence-electron chi connectivity index (χ2n) is 7.53. The molecule has 1 spiro atoms. The van der Waals surface area contributed by atoms with Crippen LogP contribution in [0, 0.1) is 6.92 Å². The van der Waals surface area contributed by atoms with Gasteiger partial charge in [0.05, 0.1) is 23.9 Å². The molecular formula is C20H25N3O4. The van der Waals surface area contributed by atoms with Crippen molar-refractivity contribution in [2.24, 2.45) is 0 Å². The van der Waals surface area contributed by atoms with E-state index in [1.54, 1.807) is 22.9 Å². The summed E-state index contributed by atoms with van der Waals surface area (Å²) in [7, 11) is 0. The summed E-state index contributed by atoms with van der Waals surface area (Å²) in [6.07, 6.45) is 3.30. The fourth-order valence-corrected chi connectivity index (χ4v) is 4.11. The molecular weight excluding hydrogens is 346 g/mol. The lowest BCUT2D eigenvalue weighted by Crippen LogP contribution is -2.58. The number of rotatable bonds is 2. The van der Waals surface area contributed by atoms with Crippen LogP contribution in [-0.2, 0) is 9.47 Å². The largest absolute Gasteiger partial charge is 0.381 e. The van der Waals surface area contributed by atoms with Crippen molar-refractivity contribution in [2.45, 2.75) is 38.4 Å². The minimum atomic E-state index is -0.291. The molecule has 1 unspecified atom stereocenters. The summed E-state index contributed by atoms with van der Waals surface area (Å²) in [5, 5.41) is 0. The number of ether oxygens (including phenoxy) is 2. The van der Waals surface area contributed by atoms with Gasteiger partial charge < -0.3 is 19.4 Å². The van der Waals surface area contributed by atoms with E-state index in [0.29, 0.717) is 31.9 Å². The van der Waals surface area contributed by atoms with Gasteiger partial charge in [-0.1, -0.05) is 0 Å². The number of aromatic nitrogens is 2. The van der Waals surface area contributed by atoms with Crippen LogP contribution in [0.1, 0.15) is 35.8 Å². The Bertz CT molecular complexity index is 877. The number of hydrogen-bond donors (Lipinski definition) is 1. The number of benzene rings is 1. The molecule has 1 aromatic heterocycles. The molecule has 0 bridgehead atoms. The van der Waals surface area contributed by atoms with Crippen LogP contribution in [0.5, 0.6) is 0 Å². The monoisotopic (exact) mass is 371 g/mol. The first-order valence-corrected chi connectivity index (χ1v) is 9.40. The summed E-state index contributed by atoms with van der Waals surface area (Å²) in [6.45, 7) is 6.40. The van der Waals surface area contributed by atoms with Crippen LogP contribution in [0.3, 0.4) is 0 Å². The van der Waals surface area contributed by atoms with Gasteiger partial charge in [0.15, 0.2) is 0 Å². The average molecular weight is 371 g/mol. The highest BCUT2D eigenvalue weighted by atomic mass is 16.5. The fourth-order valence-electron chi connectivity index (χ4n) is 4.11. The Hall–Kier alpha value is -2.38. The summed E-state index contributed by atoms with van der Waals surface area (Å²) in [5.41, 5.74) is 1.71. The smallest absolute Gasteiger partial charge is 0.330 e. The van der Waals surface area contributed by atoms with Crippen molar-refractivity contribution in [3.8, 4) is 5.69 Å². The molecule has 0 radical (unpaired) electrons. The SMILES string of the molecule is Cc1c[nH]c(=O)n1-c1ccc(C(=O)N2CC(C)OC3(CCOCC3)C2)cc1. The van der Waals surface area contributed by atoms with E-state index in [4.69, 9.17) is 9.47 Å². The predicted molar refractivity (Wildman–Crippen MR) is 100 cm³/mol. The third-order valence-electron chi connectivity index (χ3n) is 5.43. The van der Waals surface area contributed by atoms with E-state index in [2.05, 4.69) is 4.98 Å². The first-order chi connectivity index (χ1) is 13.0. The van der Waals surface area contributed by atoms with Crippen LogP contribution in [0.15, 0.2) is 35.3 Å². The van der Waals surface area contributed by atoms with Gasteiger partial charge in [0.1, 0.15) is 0 Å². The van der Waals surface area contributed by atoms with Gasteiger partial charge in [-0.2, -0.15) is 0 Å². The lowest BCUT2D eigenvalue weighted by molar-refractivity contribution is -0.176. The van der Waals surface area contributed by atoms with Gasteiger partial charge in [0.25, 0.3) is 5.91 Å². The minimum Gasteiger partial charge on any atom is -0.381 e. The van der Waals surface area contributed by atoms with E-state index in [1.807, 2.05) is 30.9 Å². The summed E-state index contributed by atoms with van der Waals surface area (Å²) in [6, 6.07) is 7.19. The molecule has 1 atom stereocenters. The molecule has 0 aliphatic carbocycles. The van der Waals surface area contributed by atoms with Gasteiger partial charge in [0, 0.05) is 50.1 Å². The summed E-state index contributed by atoms with van der Waals surface area (Å²) in [4.78, 5) is 29.6. The number of carbonyl (C=O) groups excluding carboxylic acids is 1. The van der Waals surface area contributed by atoms with Crippen LogP contribution in [0.4, 0.5) is 0 Å². The number of nitrogens with zero attached hydrogens (tertiary/aromatic N) is 2. The molecule has 1 amide bonds. The molecule has 2 saturated heterocycles. The maximum absolute atomic E-state index is 13.1. The van der Waals surface area contributed by atoms with Crippen molar-refractivity contribution >= 4 is 5.91 Å². The standard InChI is InChI=1S/C20H25N3O4/c1-14-11-21-19(25)23(14)17-5-3-16(4-6-17)18(24)22-12-15(2)27-20(13-22)7-9-26-10-8-20/h3-6,11,15H,7-10,12-13H2,1-2H3,(H,21,25). The second-order valence-corrected chi connectivity index (χ2v) is 7.53. The van der Waals surface area contributed by atoms with Crippen molar-refractivity contribution in [3.63, 3.8) is 0 Å². The fraction of sp³-hybridized carbons (Fsp3) is 0.500. The van der Waals surface area contributed by atoms with Gasteiger partial charge in [-0.3, -0.25) is 9.36 Å². The average Bonchev–Trinajstić information content (AvgIpc) is 2.99. The zero-order valence-electron chi connectivity index (χ0n) is 15.7. The maximum atomic E-state index is 13.1. The van der Waals surface area contributed by atoms with E-state index in [0.717, 1.165) is 24.2 Å². The number of imidazole rings is 1. The predicted octanol–water partition coefficient (Wildman–Crippen LogP) is 1.88. The molecule has 7 heteroatoms.